The molecule has 24 heavy (non-hydrogen) atoms. The van der Waals surface area contributed by atoms with Crippen molar-refractivity contribution in [1.82, 2.24) is 20.2 Å². The summed E-state index contributed by atoms with van der Waals surface area (Å²) in [6, 6.07) is 9.07. The highest BCUT2D eigenvalue weighted by Gasteiger charge is 2.27. The number of aromatic nitrogens is 2. The van der Waals surface area contributed by atoms with Gasteiger partial charge in [0.05, 0.1) is 6.54 Å². The molecule has 6 nitrogen and oxygen atoms in total. The van der Waals surface area contributed by atoms with E-state index in [-0.39, 0.29) is 12.1 Å². The number of benzene rings is 1. The maximum absolute atomic E-state index is 12.2. The van der Waals surface area contributed by atoms with Gasteiger partial charge in [0.1, 0.15) is 11.9 Å². The van der Waals surface area contributed by atoms with Crippen molar-refractivity contribution in [2.24, 2.45) is 0 Å². The van der Waals surface area contributed by atoms with Gasteiger partial charge in [0, 0.05) is 36.8 Å². The molecule has 1 aliphatic rings. The predicted molar refractivity (Wildman–Crippen MR) is 91.1 cm³/mol. The Morgan fingerprint density at radius 1 is 1.38 bits per heavy atom. The number of likely N-dealkylation sites (tertiary alicyclic amines) is 1. The summed E-state index contributed by atoms with van der Waals surface area (Å²) in [5, 5.41) is 3.60. The molecule has 1 fully saturated rings. The quantitative estimate of drug-likeness (QED) is 0.924. The second kappa shape index (κ2) is 7.49. The van der Waals surface area contributed by atoms with Crippen molar-refractivity contribution in [2.75, 3.05) is 13.1 Å². The third-order valence-electron chi connectivity index (χ3n) is 3.83. The van der Waals surface area contributed by atoms with Crippen LogP contribution in [-0.4, -0.2) is 40.1 Å². The summed E-state index contributed by atoms with van der Waals surface area (Å²) in [6.07, 6.45) is 2.42. The Bertz CT molecular complexity index is 708. The highest BCUT2D eigenvalue weighted by Crippen LogP contribution is 2.16. The number of carbonyl (C=O) groups is 1. The third-order valence-corrected chi connectivity index (χ3v) is 4.08. The van der Waals surface area contributed by atoms with Crippen molar-refractivity contribution in [1.29, 1.82) is 0 Å². The second-order valence-electron chi connectivity index (χ2n) is 5.70. The maximum Gasteiger partial charge on any atom is 0.317 e. The molecule has 7 heteroatoms. The molecule has 3 rings (SSSR count). The van der Waals surface area contributed by atoms with Gasteiger partial charge in [-0.3, -0.25) is 0 Å². The monoisotopic (exact) mass is 346 g/mol. The summed E-state index contributed by atoms with van der Waals surface area (Å²) in [7, 11) is 0. The Balaban J connectivity index is 1.48. The molecule has 0 radical (unpaired) electrons. The first kappa shape index (κ1) is 16.5. The van der Waals surface area contributed by atoms with E-state index in [1.807, 2.05) is 31.2 Å². The minimum atomic E-state index is -0.0880. The number of halogens is 1. The minimum absolute atomic E-state index is 0.0411. The molecule has 1 N–H and O–H groups in total. The number of hydrogen-bond acceptors (Lipinski definition) is 4. The normalized spacial score (nSPS) is 16.9. The standard InChI is InChI=1S/C17H19ClN4O2/c1-12-19-8-6-16(21-12)24-15-7-9-22(11-15)17(23)20-10-13-2-4-14(18)5-3-13/h2-6,8,15H,7,9-11H2,1H3,(H,20,23)/t15-/m1/s1. The number of aryl methyl sites for hydroxylation is 1. The maximum atomic E-state index is 12.2. The summed E-state index contributed by atoms with van der Waals surface area (Å²) in [6.45, 7) is 3.51. The van der Waals surface area contributed by atoms with E-state index in [1.165, 1.54) is 0 Å². The van der Waals surface area contributed by atoms with Crippen molar-refractivity contribution in [3.8, 4) is 5.88 Å². The molecule has 0 saturated carbocycles. The molecule has 0 bridgehead atoms. The lowest BCUT2D eigenvalue weighted by Crippen LogP contribution is -2.39. The molecule has 1 saturated heterocycles. The number of nitrogens with zero attached hydrogens (tertiary/aromatic N) is 3. The SMILES string of the molecule is Cc1nccc(O[C@@H]2CCN(C(=O)NCc3ccc(Cl)cc3)C2)n1. The van der Waals surface area contributed by atoms with Crippen LogP contribution in [0.2, 0.25) is 5.02 Å². The Morgan fingerprint density at radius 3 is 2.92 bits per heavy atom. The highest BCUT2D eigenvalue weighted by molar-refractivity contribution is 6.30. The fourth-order valence-corrected chi connectivity index (χ4v) is 2.70. The number of hydrogen-bond donors (Lipinski definition) is 1. The molecule has 1 aliphatic heterocycles. The molecule has 0 unspecified atom stereocenters. The smallest absolute Gasteiger partial charge is 0.317 e. The van der Waals surface area contributed by atoms with Crippen LogP contribution in [0.4, 0.5) is 4.79 Å². The van der Waals surface area contributed by atoms with Crippen LogP contribution in [0.5, 0.6) is 5.88 Å². The molecule has 1 aromatic carbocycles. The van der Waals surface area contributed by atoms with E-state index in [4.69, 9.17) is 16.3 Å². The fraction of sp³-hybridized carbons (Fsp3) is 0.353. The Kier molecular flexibility index (Phi) is 5.15. The summed E-state index contributed by atoms with van der Waals surface area (Å²) >= 11 is 5.85. The van der Waals surface area contributed by atoms with Gasteiger partial charge >= 0.3 is 6.03 Å². The zero-order chi connectivity index (χ0) is 16.9. The first-order valence-corrected chi connectivity index (χ1v) is 8.21. The van der Waals surface area contributed by atoms with Gasteiger partial charge in [-0.05, 0) is 24.6 Å². The topological polar surface area (TPSA) is 67.3 Å². The van der Waals surface area contributed by atoms with Crippen LogP contribution in [0.25, 0.3) is 0 Å². The zero-order valence-electron chi connectivity index (χ0n) is 13.4. The van der Waals surface area contributed by atoms with Crippen molar-refractivity contribution in [2.45, 2.75) is 26.0 Å². The molecule has 0 aliphatic carbocycles. The van der Waals surface area contributed by atoms with Gasteiger partial charge in [-0.25, -0.2) is 9.78 Å². The van der Waals surface area contributed by atoms with Crippen molar-refractivity contribution in [3.63, 3.8) is 0 Å². The Hall–Kier alpha value is -2.34. The van der Waals surface area contributed by atoms with E-state index in [9.17, 15) is 4.79 Å². The van der Waals surface area contributed by atoms with E-state index in [0.717, 1.165) is 12.0 Å². The largest absolute Gasteiger partial charge is 0.472 e. The van der Waals surface area contributed by atoms with Crippen LogP contribution in [-0.2, 0) is 6.54 Å². The molecule has 1 atom stereocenters. The zero-order valence-corrected chi connectivity index (χ0v) is 14.2. The van der Waals surface area contributed by atoms with E-state index in [0.29, 0.717) is 36.4 Å². The minimum Gasteiger partial charge on any atom is -0.472 e. The van der Waals surface area contributed by atoms with Gasteiger partial charge in [-0.1, -0.05) is 23.7 Å². The molecule has 126 valence electrons. The van der Waals surface area contributed by atoms with Crippen LogP contribution < -0.4 is 10.1 Å². The van der Waals surface area contributed by atoms with Crippen LogP contribution >= 0.6 is 11.6 Å². The molecule has 2 heterocycles. The van der Waals surface area contributed by atoms with Gasteiger partial charge in [0.15, 0.2) is 0 Å². The van der Waals surface area contributed by atoms with E-state index < -0.39 is 0 Å². The summed E-state index contributed by atoms with van der Waals surface area (Å²) < 4.78 is 5.83. The average molecular weight is 347 g/mol. The number of urea groups is 1. The van der Waals surface area contributed by atoms with Gasteiger partial charge < -0.3 is 15.0 Å². The van der Waals surface area contributed by atoms with Gasteiger partial charge in [-0.15, -0.1) is 0 Å². The van der Waals surface area contributed by atoms with Gasteiger partial charge in [0.2, 0.25) is 5.88 Å². The lowest BCUT2D eigenvalue weighted by atomic mass is 10.2. The van der Waals surface area contributed by atoms with E-state index >= 15 is 0 Å². The molecular formula is C17H19ClN4O2. The van der Waals surface area contributed by atoms with E-state index in [2.05, 4.69) is 15.3 Å². The molecule has 1 aromatic heterocycles. The van der Waals surface area contributed by atoms with Gasteiger partial charge in [0.25, 0.3) is 0 Å². The lowest BCUT2D eigenvalue weighted by molar-refractivity contribution is 0.182. The Morgan fingerprint density at radius 2 is 2.17 bits per heavy atom. The first-order chi connectivity index (χ1) is 11.6. The van der Waals surface area contributed by atoms with Crippen molar-refractivity contribution >= 4 is 17.6 Å². The Labute approximate surface area is 145 Å². The number of rotatable bonds is 4. The van der Waals surface area contributed by atoms with Gasteiger partial charge in [-0.2, -0.15) is 4.98 Å². The number of nitrogens with one attached hydrogen (secondary N) is 1. The third kappa shape index (κ3) is 4.35. The highest BCUT2D eigenvalue weighted by atomic mass is 35.5. The van der Waals surface area contributed by atoms with Crippen LogP contribution in [0.3, 0.4) is 0 Å². The molecule has 2 amide bonds. The average Bonchev–Trinajstić information content (AvgIpc) is 3.03. The van der Waals surface area contributed by atoms with Crippen molar-refractivity contribution < 1.29 is 9.53 Å². The summed E-state index contributed by atoms with van der Waals surface area (Å²) in [5.74, 6) is 1.22. The van der Waals surface area contributed by atoms with Crippen LogP contribution in [0.15, 0.2) is 36.5 Å². The molecule has 2 aromatic rings. The second-order valence-corrected chi connectivity index (χ2v) is 6.14. The number of carbonyl (C=O) groups excluding carboxylic acids is 1. The number of amides is 2. The molecule has 0 spiro atoms. The fourth-order valence-electron chi connectivity index (χ4n) is 2.57. The lowest BCUT2D eigenvalue weighted by Gasteiger charge is -2.17. The summed E-state index contributed by atoms with van der Waals surface area (Å²) in [4.78, 5) is 22.3. The molecular weight excluding hydrogens is 328 g/mol. The van der Waals surface area contributed by atoms with E-state index in [1.54, 1.807) is 17.2 Å². The number of ether oxygens (including phenoxy) is 1. The van der Waals surface area contributed by atoms with Crippen LogP contribution in [0, 0.1) is 6.92 Å². The predicted octanol–water partition coefficient (Wildman–Crippen LogP) is 2.80. The van der Waals surface area contributed by atoms with Crippen LogP contribution in [0.1, 0.15) is 17.8 Å². The van der Waals surface area contributed by atoms with Crippen molar-refractivity contribution in [3.05, 3.63) is 52.9 Å². The summed E-state index contributed by atoms with van der Waals surface area (Å²) in [5.41, 5.74) is 1.01. The first-order valence-electron chi connectivity index (χ1n) is 7.83.